The Kier molecular flexibility index (Phi) is 4.08. The van der Waals surface area contributed by atoms with Crippen molar-refractivity contribution in [1.82, 2.24) is 0 Å². The van der Waals surface area contributed by atoms with Crippen molar-refractivity contribution in [2.24, 2.45) is 5.16 Å². The molecule has 23 heavy (non-hydrogen) atoms. The van der Waals surface area contributed by atoms with Gasteiger partial charge in [-0.25, -0.2) is 4.79 Å². The second kappa shape index (κ2) is 6.18. The molecule has 0 aliphatic carbocycles. The molecule has 6 nitrogen and oxygen atoms in total. The zero-order valence-corrected chi connectivity index (χ0v) is 12.5. The van der Waals surface area contributed by atoms with Crippen LogP contribution in [0.5, 0.6) is 5.75 Å². The van der Waals surface area contributed by atoms with E-state index in [1.165, 1.54) is 6.92 Å². The first-order valence-electron chi connectivity index (χ1n) is 7.18. The quantitative estimate of drug-likeness (QED) is 0.678. The van der Waals surface area contributed by atoms with Crippen molar-refractivity contribution in [3.05, 3.63) is 41.5 Å². The maximum Gasteiger partial charge on any atom is 0.331 e. The first-order valence-corrected chi connectivity index (χ1v) is 7.18. The van der Waals surface area contributed by atoms with Crippen LogP contribution >= 0.6 is 0 Å². The maximum atomic E-state index is 12.6. The number of hydrogen-bond acceptors (Lipinski definition) is 6. The van der Waals surface area contributed by atoms with E-state index < -0.39 is 5.97 Å². The van der Waals surface area contributed by atoms with Gasteiger partial charge in [0.15, 0.2) is 0 Å². The third-order valence-corrected chi connectivity index (χ3v) is 3.59. The summed E-state index contributed by atoms with van der Waals surface area (Å²) in [4.78, 5) is 28.0. The number of benzene rings is 2. The van der Waals surface area contributed by atoms with Crippen molar-refractivity contribution in [2.75, 3.05) is 6.61 Å². The molecule has 0 aromatic heterocycles. The summed E-state index contributed by atoms with van der Waals surface area (Å²) in [5.41, 5.74) is 1.33. The number of nitrogens with zero attached hydrogens (tertiary/aromatic N) is 1. The van der Waals surface area contributed by atoms with Crippen molar-refractivity contribution in [1.29, 1.82) is 0 Å². The molecule has 1 aliphatic heterocycles. The molecule has 0 atom stereocenters. The molecule has 0 saturated carbocycles. The topological polar surface area (TPSA) is 85.2 Å². The van der Waals surface area contributed by atoms with Crippen LogP contribution in [-0.4, -0.2) is 29.2 Å². The average molecular weight is 313 g/mol. The molecule has 1 aliphatic rings. The number of ether oxygens (including phenoxy) is 1. The summed E-state index contributed by atoms with van der Waals surface area (Å²) in [5, 5.41) is 14.5. The van der Waals surface area contributed by atoms with E-state index in [4.69, 9.17) is 4.74 Å². The highest BCUT2D eigenvalue weighted by Gasteiger charge is 2.25. The Morgan fingerprint density at radius 1 is 1.35 bits per heavy atom. The predicted octanol–water partition coefficient (Wildman–Crippen LogP) is 2.22. The van der Waals surface area contributed by atoms with Crippen molar-refractivity contribution >= 4 is 28.2 Å². The minimum atomic E-state index is -0.578. The number of oxime groups is 1. The fourth-order valence-corrected chi connectivity index (χ4v) is 2.51. The lowest BCUT2D eigenvalue weighted by Crippen LogP contribution is -2.15. The summed E-state index contributed by atoms with van der Waals surface area (Å²) >= 11 is 0. The van der Waals surface area contributed by atoms with Crippen molar-refractivity contribution < 1.29 is 24.3 Å². The van der Waals surface area contributed by atoms with Gasteiger partial charge < -0.3 is 14.7 Å². The van der Waals surface area contributed by atoms with Gasteiger partial charge in [-0.1, -0.05) is 23.4 Å². The molecule has 0 amide bonds. The van der Waals surface area contributed by atoms with Crippen molar-refractivity contribution in [2.45, 2.75) is 20.0 Å². The van der Waals surface area contributed by atoms with Gasteiger partial charge in [-0.15, -0.1) is 0 Å². The molecule has 0 saturated heterocycles. The second-order valence-electron chi connectivity index (χ2n) is 5.20. The Morgan fingerprint density at radius 2 is 2.17 bits per heavy atom. The van der Waals surface area contributed by atoms with Crippen LogP contribution in [0.15, 0.2) is 35.5 Å². The molecule has 0 radical (unpaired) electrons. The average Bonchev–Trinajstić information content (AvgIpc) is 2.71. The van der Waals surface area contributed by atoms with Crippen LogP contribution in [0, 0.1) is 0 Å². The standard InChI is InChI=1S/C17H15NO5/c1-10(20)23-18-15-6-7-22-17-13-4-2-11(9-19)8-12(13)3-5-14(17)16(15)21/h2-5,8,19H,6-7,9H2,1H3/b18-15+. The van der Waals surface area contributed by atoms with E-state index in [0.717, 1.165) is 16.3 Å². The Hall–Kier alpha value is -2.73. The van der Waals surface area contributed by atoms with Crippen LogP contribution in [0.25, 0.3) is 10.8 Å². The van der Waals surface area contributed by atoms with Gasteiger partial charge in [0.05, 0.1) is 18.8 Å². The van der Waals surface area contributed by atoms with Crippen LogP contribution < -0.4 is 4.74 Å². The zero-order valence-electron chi connectivity index (χ0n) is 12.5. The third-order valence-electron chi connectivity index (χ3n) is 3.59. The number of fused-ring (bicyclic) bond motifs is 3. The summed E-state index contributed by atoms with van der Waals surface area (Å²) in [6.07, 6.45) is 0.261. The molecule has 1 heterocycles. The summed E-state index contributed by atoms with van der Waals surface area (Å²) in [6.45, 7) is 1.44. The minimum absolute atomic E-state index is 0.0496. The largest absolute Gasteiger partial charge is 0.492 e. The molecule has 3 rings (SSSR count). The van der Waals surface area contributed by atoms with E-state index in [1.807, 2.05) is 12.1 Å². The van der Waals surface area contributed by atoms with E-state index in [2.05, 4.69) is 9.99 Å². The fourth-order valence-electron chi connectivity index (χ4n) is 2.51. The summed E-state index contributed by atoms with van der Waals surface area (Å²) in [5.74, 6) is -0.400. The smallest absolute Gasteiger partial charge is 0.331 e. The Labute approximate surface area is 132 Å². The van der Waals surface area contributed by atoms with E-state index >= 15 is 0 Å². The number of carbonyl (C=O) groups is 2. The zero-order chi connectivity index (χ0) is 16.4. The van der Waals surface area contributed by atoms with Gasteiger partial charge in [0.2, 0.25) is 5.78 Å². The normalized spacial score (nSPS) is 15.9. The van der Waals surface area contributed by atoms with Crippen LogP contribution in [0.2, 0.25) is 0 Å². The van der Waals surface area contributed by atoms with Crippen LogP contribution in [0.4, 0.5) is 0 Å². The van der Waals surface area contributed by atoms with Gasteiger partial charge in [-0.05, 0) is 23.1 Å². The summed E-state index contributed by atoms with van der Waals surface area (Å²) in [6, 6.07) is 8.91. The molecule has 0 spiro atoms. The highest BCUT2D eigenvalue weighted by atomic mass is 16.7. The number of rotatable bonds is 2. The highest BCUT2D eigenvalue weighted by molar-refractivity contribution is 6.47. The summed E-state index contributed by atoms with van der Waals surface area (Å²) < 4.78 is 5.74. The highest BCUT2D eigenvalue weighted by Crippen LogP contribution is 2.33. The molecular weight excluding hydrogens is 298 g/mol. The minimum Gasteiger partial charge on any atom is -0.492 e. The molecule has 0 fully saturated rings. The van der Waals surface area contributed by atoms with E-state index in [9.17, 15) is 14.7 Å². The molecule has 2 aromatic carbocycles. The lowest BCUT2D eigenvalue weighted by atomic mass is 9.99. The van der Waals surface area contributed by atoms with E-state index in [-0.39, 0.29) is 31.1 Å². The number of aliphatic hydroxyl groups excluding tert-OH is 1. The Balaban J connectivity index is 2.08. The number of carbonyl (C=O) groups excluding carboxylic acids is 2. The van der Waals surface area contributed by atoms with Crippen LogP contribution in [-0.2, 0) is 16.2 Å². The Bertz CT molecular complexity index is 825. The van der Waals surface area contributed by atoms with Crippen molar-refractivity contribution in [3.8, 4) is 5.75 Å². The number of Topliss-reactive ketones (excluding diaryl/α,β-unsaturated/α-hetero) is 1. The SMILES string of the molecule is CC(=O)O/N=C1\CCOc2c(ccc3cc(CO)ccc23)C1=O. The van der Waals surface area contributed by atoms with Gasteiger partial charge in [-0.3, -0.25) is 4.79 Å². The van der Waals surface area contributed by atoms with Gasteiger partial charge >= 0.3 is 5.97 Å². The second-order valence-corrected chi connectivity index (χ2v) is 5.20. The third kappa shape index (κ3) is 2.93. The molecule has 1 N–H and O–H groups in total. The lowest BCUT2D eigenvalue weighted by molar-refractivity contribution is -0.140. The molecular formula is C17H15NO5. The molecule has 0 bridgehead atoms. The number of ketones is 1. The van der Waals surface area contributed by atoms with Gasteiger partial charge in [0.25, 0.3) is 0 Å². The summed E-state index contributed by atoms with van der Waals surface area (Å²) in [7, 11) is 0. The van der Waals surface area contributed by atoms with E-state index in [1.54, 1.807) is 18.2 Å². The van der Waals surface area contributed by atoms with Crippen LogP contribution in [0.3, 0.4) is 0 Å². The molecule has 0 unspecified atom stereocenters. The first kappa shape index (κ1) is 15.2. The molecule has 2 aromatic rings. The predicted molar refractivity (Wildman–Crippen MR) is 83.5 cm³/mol. The first-order chi connectivity index (χ1) is 11.1. The van der Waals surface area contributed by atoms with Crippen molar-refractivity contribution in [3.63, 3.8) is 0 Å². The number of hydrogen-bond donors (Lipinski definition) is 1. The molecule has 6 heteroatoms. The van der Waals surface area contributed by atoms with Crippen LogP contribution in [0.1, 0.15) is 29.3 Å². The number of aliphatic hydroxyl groups is 1. The van der Waals surface area contributed by atoms with Gasteiger partial charge in [0.1, 0.15) is 11.5 Å². The van der Waals surface area contributed by atoms with Gasteiger partial charge in [-0.2, -0.15) is 0 Å². The maximum absolute atomic E-state index is 12.6. The van der Waals surface area contributed by atoms with E-state index in [0.29, 0.717) is 11.3 Å². The fraction of sp³-hybridized carbons (Fsp3) is 0.235. The monoisotopic (exact) mass is 313 g/mol. The molecule has 118 valence electrons. The Morgan fingerprint density at radius 3 is 2.91 bits per heavy atom. The van der Waals surface area contributed by atoms with Gasteiger partial charge in [0, 0.05) is 18.7 Å². The lowest BCUT2D eigenvalue weighted by Gasteiger charge is -2.10.